The number of ether oxygens (including phenoxy) is 3. The minimum atomic E-state index is -1.36. The summed E-state index contributed by atoms with van der Waals surface area (Å²) in [6, 6.07) is 0. The number of carbonyl (C=O) groups excluding carboxylic acids is 2. The molecule has 1 aromatic carbocycles. The number of ketones is 2. The van der Waals surface area contributed by atoms with E-state index in [0.717, 1.165) is 5.57 Å². The van der Waals surface area contributed by atoms with Gasteiger partial charge >= 0.3 is 0 Å². The number of hydrogen-bond donors (Lipinski definition) is 1. The number of Topliss-reactive ketones (excluding diaryl/α,β-unsaturated/α-hetero) is 2. The molecule has 204 valence electrons. The third-order valence-electron chi connectivity index (χ3n) is 7.63. The summed E-state index contributed by atoms with van der Waals surface area (Å²) in [5.41, 5.74) is 3.21. The Bertz CT molecular complexity index is 1280. The van der Waals surface area contributed by atoms with Crippen LogP contribution in [-0.4, -0.2) is 35.2 Å². The molecule has 1 aliphatic carbocycles. The fourth-order valence-electron chi connectivity index (χ4n) is 5.56. The van der Waals surface area contributed by atoms with Crippen molar-refractivity contribution in [3.05, 3.63) is 57.7 Å². The normalized spacial score (nSPS) is 24.6. The van der Waals surface area contributed by atoms with Crippen LogP contribution in [0.25, 0.3) is 6.08 Å². The largest absolute Gasteiger partial charge is 0.506 e. The number of aromatic hydroxyl groups is 1. The van der Waals surface area contributed by atoms with Crippen molar-refractivity contribution >= 4 is 17.6 Å². The lowest BCUT2D eigenvalue weighted by Gasteiger charge is -2.47. The highest BCUT2D eigenvalue weighted by atomic mass is 16.7. The first-order valence-corrected chi connectivity index (χ1v) is 13.4. The van der Waals surface area contributed by atoms with E-state index in [1.807, 2.05) is 66.7 Å². The first-order chi connectivity index (χ1) is 17.8. The van der Waals surface area contributed by atoms with Gasteiger partial charge in [0.2, 0.25) is 11.6 Å². The van der Waals surface area contributed by atoms with Crippen molar-refractivity contribution < 1.29 is 28.9 Å². The average Bonchev–Trinajstić information content (AvgIpc) is 2.83. The quantitative estimate of drug-likeness (QED) is 0.394. The van der Waals surface area contributed by atoms with Crippen molar-refractivity contribution in [2.45, 2.75) is 85.5 Å². The van der Waals surface area contributed by atoms with Crippen molar-refractivity contribution in [1.29, 1.82) is 0 Å². The van der Waals surface area contributed by atoms with Gasteiger partial charge < -0.3 is 19.3 Å². The van der Waals surface area contributed by atoms with Crippen LogP contribution < -0.4 is 9.47 Å². The minimum absolute atomic E-state index is 0.0858. The lowest BCUT2D eigenvalue weighted by molar-refractivity contribution is -0.177. The number of hydrogen-bond acceptors (Lipinski definition) is 6. The number of phenolic OH excluding ortho intramolecular Hbond substituents is 1. The van der Waals surface area contributed by atoms with Crippen LogP contribution >= 0.6 is 0 Å². The minimum Gasteiger partial charge on any atom is -0.506 e. The molecule has 2 heterocycles. The van der Waals surface area contributed by atoms with Crippen LogP contribution in [-0.2, 0) is 16.0 Å². The number of phenols is 1. The number of allylic oxidation sites excluding steroid dienone is 5. The summed E-state index contributed by atoms with van der Waals surface area (Å²) in [4.78, 5) is 27.3. The standard InChI is InChI=1S/C32H40O6/c1-18(2)10-9-11-25(33)21-16-20(5)32(36-8)24(17-21)28(35)26-27(34)22-14-15-31(6,7)37-29(22)23(30(26)38-32)13-12-19(3)4/h10,12,14-15,17,20-21,34H,9,11,13,16H2,1-8H3/t20-,21-,32+/m1/s1. The molecule has 0 saturated carbocycles. The second-order valence-electron chi connectivity index (χ2n) is 11.7. The molecule has 4 rings (SSSR count). The van der Waals surface area contributed by atoms with E-state index in [-0.39, 0.29) is 40.1 Å². The zero-order chi connectivity index (χ0) is 28.0. The molecule has 3 atom stereocenters. The number of rotatable bonds is 7. The maximum absolute atomic E-state index is 14.2. The van der Waals surface area contributed by atoms with Crippen molar-refractivity contribution in [2.24, 2.45) is 11.8 Å². The topological polar surface area (TPSA) is 82.1 Å². The van der Waals surface area contributed by atoms with E-state index in [2.05, 4.69) is 0 Å². The van der Waals surface area contributed by atoms with Crippen molar-refractivity contribution in [3.63, 3.8) is 0 Å². The van der Waals surface area contributed by atoms with E-state index >= 15 is 0 Å². The van der Waals surface area contributed by atoms with E-state index in [1.54, 1.807) is 12.2 Å². The number of benzene rings is 1. The lowest BCUT2D eigenvalue weighted by atomic mass is 9.72. The molecule has 0 saturated heterocycles. The number of fused-ring (bicyclic) bond motifs is 3. The summed E-state index contributed by atoms with van der Waals surface area (Å²) in [6.45, 7) is 13.9. The van der Waals surface area contributed by atoms with Gasteiger partial charge in [0, 0.05) is 30.9 Å². The predicted molar refractivity (Wildman–Crippen MR) is 149 cm³/mol. The smallest absolute Gasteiger partial charge is 0.243 e. The van der Waals surface area contributed by atoms with Gasteiger partial charge in [-0.1, -0.05) is 36.3 Å². The maximum atomic E-state index is 14.2. The zero-order valence-electron chi connectivity index (χ0n) is 23.9. The molecule has 0 fully saturated rings. The Kier molecular flexibility index (Phi) is 7.50. The van der Waals surface area contributed by atoms with E-state index in [9.17, 15) is 14.7 Å². The third kappa shape index (κ3) is 4.86. The number of carbonyl (C=O) groups is 2. The Morgan fingerprint density at radius 3 is 2.45 bits per heavy atom. The van der Waals surface area contributed by atoms with Gasteiger partial charge in [0.25, 0.3) is 0 Å². The molecule has 3 aliphatic rings. The monoisotopic (exact) mass is 520 g/mol. The highest BCUT2D eigenvalue weighted by Gasteiger charge is 2.55. The van der Waals surface area contributed by atoms with Crippen LogP contribution in [0.15, 0.2) is 41.0 Å². The molecule has 0 aromatic heterocycles. The highest BCUT2D eigenvalue weighted by molar-refractivity contribution is 6.16. The van der Waals surface area contributed by atoms with Crippen LogP contribution in [0.3, 0.4) is 0 Å². The van der Waals surface area contributed by atoms with Crippen molar-refractivity contribution in [3.8, 4) is 17.2 Å². The molecule has 6 nitrogen and oxygen atoms in total. The van der Waals surface area contributed by atoms with E-state index in [1.165, 1.54) is 12.7 Å². The molecule has 0 bridgehead atoms. The van der Waals surface area contributed by atoms with Crippen LogP contribution in [0.1, 0.15) is 89.2 Å². The van der Waals surface area contributed by atoms with Crippen molar-refractivity contribution in [1.82, 2.24) is 0 Å². The van der Waals surface area contributed by atoms with Gasteiger partial charge in [-0.15, -0.1) is 0 Å². The fraction of sp³-hybridized carbons (Fsp3) is 0.500. The lowest BCUT2D eigenvalue weighted by Crippen LogP contribution is -2.54. The summed E-state index contributed by atoms with van der Waals surface area (Å²) < 4.78 is 19.0. The molecule has 2 aliphatic heterocycles. The van der Waals surface area contributed by atoms with Gasteiger partial charge in [0.15, 0.2) is 0 Å². The number of methoxy groups -OCH3 is 1. The van der Waals surface area contributed by atoms with Gasteiger partial charge in [-0.05, 0) is 73.0 Å². The maximum Gasteiger partial charge on any atom is 0.243 e. The molecular formula is C32H40O6. The second-order valence-corrected chi connectivity index (χ2v) is 11.7. The van der Waals surface area contributed by atoms with Gasteiger partial charge in [-0.25, -0.2) is 0 Å². The molecule has 0 radical (unpaired) electrons. The highest BCUT2D eigenvalue weighted by Crippen LogP contribution is 2.55. The van der Waals surface area contributed by atoms with E-state index in [0.29, 0.717) is 42.6 Å². The molecule has 38 heavy (non-hydrogen) atoms. The Morgan fingerprint density at radius 2 is 1.82 bits per heavy atom. The average molecular weight is 521 g/mol. The second kappa shape index (κ2) is 10.2. The van der Waals surface area contributed by atoms with Crippen LogP contribution in [0.5, 0.6) is 17.2 Å². The van der Waals surface area contributed by atoms with Gasteiger partial charge in [0.1, 0.15) is 34.2 Å². The summed E-state index contributed by atoms with van der Waals surface area (Å²) in [6.07, 6.45) is 11.5. The molecule has 0 spiro atoms. The van der Waals surface area contributed by atoms with Gasteiger partial charge in [-0.2, -0.15) is 0 Å². The summed E-state index contributed by atoms with van der Waals surface area (Å²) in [7, 11) is 1.52. The van der Waals surface area contributed by atoms with Gasteiger partial charge in [0.05, 0.1) is 11.1 Å². The predicted octanol–water partition coefficient (Wildman–Crippen LogP) is 6.90. The molecule has 0 unspecified atom stereocenters. The Morgan fingerprint density at radius 1 is 1.13 bits per heavy atom. The van der Waals surface area contributed by atoms with Gasteiger partial charge in [-0.3, -0.25) is 9.59 Å². The van der Waals surface area contributed by atoms with Crippen LogP contribution in [0.4, 0.5) is 0 Å². The van der Waals surface area contributed by atoms with Crippen LogP contribution in [0, 0.1) is 11.8 Å². The molecular weight excluding hydrogens is 480 g/mol. The summed E-state index contributed by atoms with van der Waals surface area (Å²) in [5, 5.41) is 11.4. The van der Waals surface area contributed by atoms with E-state index < -0.39 is 17.3 Å². The zero-order valence-corrected chi connectivity index (χ0v) is 23.9. The Labute approximate surface area is 226 Å². The first-order valence-electron chi connectivity index (χ1n) is 13.4. The molecule has 0 amide bonds. The van der Waals surface area contributed by atoms with Crippen LogP contribution in [0.2, 0.25) is 0 Å². The Balaban J connectivity index is 1.88. The molecule has 6 heteroatoms. The van der Waals surface area contributed by atoms with E-state index in [4.69, 9.17) is 14.2 Å². The summed E-state index contributed by atoms with van der Waals surface area (Å²) >= 11 is 0. The third-order valence-corrected chi connectivity index (χ3v) is 7.63. The molecule has 1 aromatic rings. The SMILES string of the molecule is CO[C@@]12Oc3c(CC=C(C)C)c4c(c(O)c3C(=O)C1=C[C@H](C(=O)CCC=C(C)C)C[C@H]2C)C=CC(C)(C)O4. The first kappa shape index (κ1) is 27.9. The molecule has 1 N–H and O–H groups in total. The fourth-order valence-corrected chi connectivity index (χ4v) is 5.56. The summed E-state index contributed by atoms with van der Waals surface area (Å²) in [5.74, 6) is -1.74. The van der Waals surface area contributed by atoms with Crippen molar-refractivity contribution in [2.75, 3.05) is 7.11 Å². The Hall–Kier alpha value is -3.12.